The normalized spacial score (nSPS) is 44.5. The predicted octanol–water partition coefficient (Wildman–Crippen LogP) is 5.42. The van der Waals surface area contributed by atoms with Crippen molar-refractivity contribution in [3.8, 4) is 0 Å². The lowest BCUT2D eigenvalue weighted by molar-refractivity contribution is -0.134. The molecule has 118 valence electrons. The Hall–Kier alpha value is -0.850. The van der Waals surface area contributed by atoms with Crippen molar-refractivity contribution < 1.29 is 4.79 Å². The minimum absolute atomic E-state index is 0.00324. The average Bonchev–Trinajstić information content (AvgIpc) is 2.40. The molecular weight excluding hydrogens is 256 g/mol. The molecule has 0 spiro atoms. The van der Waals surface area contributed by atoms with Crippen LogP contribution in [0.5, 0.6) is 0 Å². The number of carbonyl (C=O) groups is 1. The topological polar surface area (TPSA) is 17.1 Å². The van der Waals surface area contributed by atoms with Crippen molar-refractivity contribution in [1.82, 2.24) is 0 Å². The van der Waals surface area contributed by atoms with Crippen molar-refractivity contribution in [2.75, 3.05) is 0 Å². The highest BCUT2D eigenvalue weighted by molar-refractivity contribution is 5.91. The van der Waals surface area contributed by atoms with Crippen molar-refractivity contribution in [3.05, 3.63) is 24.8 Å². The lowest BCUT2D eigenvalue weighted by Crippen LogP contribution is -2.56. The monoisotopic (exact) mass is 288 g/mol. The lowest BCUT2D eigenvalue weighted by Gasteiger charge is -2.62. The zero-order valence-electron chi connectivity index (χ0n) is 14.7. The van der Waals surface area contributed by atoms with Gasteiger partial charge in [-0.25, -0.2) is 0 Å². The predicted molar refractivity (Wildman–Crippen MR) is 90.0 cm³/mol. The number of rotatable bonds is 3. The molecule has 0 saturated heterocycles. The zero-order chi connectivity index (χ0) is 16.1. The highest BCUT2D eigenvalue weighted by Crippen LogP contribution is 2.66. The number of allylic oxidation sites excluding steroid dienone is 3. The van der Waals surface area contributed by atoms with Crippen molar-refractivity contribution in [2.45, 2.75) is 60.8 Å². The summed E-state index contributed by atoms with van der Waals surface area (Å²) in [6.07, 6.45) is 9.21. The maximum atomic E-state index is 12.1. The number of carbonyl (C=O) groups excluding carboxylic acids is 1. The van der Waals surface area contributed by atoms with Crippen LogP contribution in [-0.4, -0.2) is 5.78 Å². The fourth-order valence-corrected chi connectivity index (χ4v) is 5.14. The second-order valence-electron chi connectivity index (χ2n) is 8.56. The summed E-state index contributed by atoms with van der Waals surface area (Å²) in [6, 6.07) is 0. The summed E-state index contributed by atoms with van der Waals surface area (Å²) in [5, 5.41) is 0. The second-order valence-corrected chi connectivity index (χ2v) is 8.56. The summed E-state index contributed by atoms with van der Waals surface area (Å²) >= 11 is 0. The molecule has 0 aromatic carbocycles. The molecule has 2 rings (SSSR count). The quantitative estimate of drug-likeness (QED) is 0.633. The minimum atomic E-state index is -0.00324. The Morgan fingerprint density at radius 2 is 1.86 bits per heavy atom. The average molecular weight is 288 g/mol. The smallest absolute Gasteiger partial charge is 0.155 e. The minimum Gasteiger partial charge on any atom is -0.295 e. The van der Waals surface area contributed by atoms with Crippen LogP contribution in [0.15, 0.2) is 24.8 Å². The molecule has 0 heterocycles. The van der Waals surface area contributed by atoms with Crippen LogP contribution < -0.4 is 0 Å². The SMILES string of the molecule is C=C[C@H]1[C@](C)([C@@H](C)C(C)C)CC[C@]2(C)C=CC(=O)C[C@@]12C. The Bertz CT molecular complexity index is 474. The van der Waals surface area contributed by atoms with Gasteiger partial charge in [-0.2, -0.15) is 0 Å². The third-order valence-electron chi connectivity index (χ3n) is 7.34. The molecule has 1 nitrogen and oxygen atoms in total. The van der Waals surface area contributed by atoms with E-state index in [0.717, 1.165) is 0 Å². The van der Waals surface area contributed by atoms with Gasteiger partial charge in [-0.15, -0.1) is 6.58 Å². The van der Waals surface area contributed by atoms with Crippen molar-refractivity contribution in [1.29, 1.82) is 0 Å². The molecule has 0 aromatic rings. The Labute approximate surface area is 130 Å². The van der Waals surface area contributed by atoms with Crippen molar-refractivity contribution in [3.63, 3.8) is 0 Å². The van der Waals surface area contributed by atoms with Crippen LogP contribution in [0.2, 0.25) is 0 Å². The van der Waals surface area contributed by atoms with Crippen molar-refractivity contribution in [2.24, 2.45) is 34.0 Å². The van der Waals surface area contributed by atoms with Crippen LogP contribution >= 0.6 is 0 Å². The highest BCUT2D eigenvalue weighted by atomic mass is 16.1. The van der Waals surface area contributed by atoms with E-state index in [1.807, 2.05) is 6.08 Å². The van der Waals surface area contributed by atoms with E-state index in [-0.39, 0.29) is 22.0 Å². The zero-order valence-corrected chi connectivity index (χ0v) is 14.7. The molecule has 2 aliphatic carbocycles. The first-order valence-electron chi connectivity index (χ1n) is 8.45. The lowest BCUT2D eigenvalue weighted by atomic mass is 9.41. The van der Waals surface area contributed by atoms with E-state index in [0.29, 0.717) is 24.2 Å². The molecule has 0 bridgehead atoms. The van der Waals surface area contributed by atoms with Gasteiger partial charge < -0.3 is 0 Å². The fraction of sp³-hybridized carbons (Fsp3) is 0.750. The molecule has 0 amide bonds. The first-order valence-corrected chi connectivity index (χ1v) is 8.45. The second kappa shape index (κ2) is 5.11. The Kier molecular flexibility index (Phi) is 4.02. The van der Waals surface area contributed by atoms with Crippen molar-refractivity contribution >= 4 is 5.78 Å². The molecule has 0 unspecified atom stereocenters. The van der Waals surface area contributed by atoms with Gasteiger partial charge in [0.15, 0.2) is 5.78 Å². The Morgan fingerprint density at radius 3 is 2.38 bits per heavy atom. The molecule has 21 heavy (non-hydrogen) atoms. The van der Waals surface area contributed by atoms with E-state index in [2.05, 4.69) is 60.3 Å². The van der Waals surface area contributed by atoms with E-state index in [1.165, 1.54) is 12.8 Å². The van der Waals surface area contributed by atoms with Crippen LogP contribution in [0.3, 0.4) is 0 Å². The summed E-state index contributed by atoms with van der Waals surface area (Å²) in [5.41, 5.74) is 0.350. The summed E-state index contributed by atoms with van der Waals surface area (Å²) < 4.78 is 0. The van der Waals surface area contributed by atoms with Crippen LogP contribution in [0, 0.1) is 34.0 Å². The molecule has 1 saturated carbocycles. The van der Waals surface area contributed by atoms with Crippen LogP contribution in [0.25, 0.3) is 0 Å². The number of fused-ring (bicyclic) bond motifs is 1. The Morgan fingerprint density at radius 1 is 1.24 bits per heavy atom. The van der Waals surface area contributed by atoms with E-state index >= 15 is 0 Å². The largest absolute Gasteiger partial charge is 0.295 e. The number of hydrogen-bond acceptors (Lipinski definition) is 1. The molecule has 1 fully saturated rings. The molecular formula is C20H32O. The van der Waals surface area contributed by atoms with Crippen LogP contribution in [0.4, 0.5) is 0 Å². The van der Waals surface area contributed by atoms with E-state index in [1.54, 1.807) is 0 Å². The highest BCUT2D eigenvalue weighted by Gasteiger charge is 2.59. The van der Waals surface area contributed by atoms with Gasteiger partial charge in [0.1, 0.15) is 0 Å². The molecule has 1 heteroatoms. The molecule has 2 aliphatic rings. The van der Waals surface area contributed by atoms with E-state index < -0.39 is 0 Å². The van der Waals surface area contributed by atoms with Gasteiger partial charge in [0.2, 0.25) is 0 Å². The summed E-state index contributed by atoms with van der Waals surface area (Å²) in [4.78, 5) is 12.1. The first kappa shape index (κ1) is 16.5. The van der Waals surface area contributed by atoms with Gasteiger partial charge in [-0.3, -0.25) is 4.79 Å². The number of hydrogen-bond donors (Lipinski definition) is 0. The molecule has 5 atom stereocenters. The first-order chi connectivity index (χ1) is 9.60. The van der Waals surface area contributed by atoms with Gasteiger partial charge in [-0.1, -0.05) is 53.7 Å². The maximum absolute atomic E-state index is 12.1. The maximum Gasteiger partial charge on any atom is 0.155 e. The third kappa shape index (κ3) is 2.24. The number of ketones is 1. The molecule has 0 aromatic heterocycles. The van der Waals surface area contributed by atoms with Crippen LogP contribution in [-0.2, 0) is 4.79 Å². The standard InChI is InChI=1S/C20H32O/c1-8-17-19(6,15(4)14(2)3)12-11-18(5)10-9-16(21)13-20(17,18)7/h8-10,14-15,17H,1,11-13H2,2-7H3/t15-,17-,18-,19-,20-/m0/s1. The summed E-state index contributed by atoms with van der Waals surface area (Å²) in [6.45, 7) is 18.3. The Balaban J connectivity index is 2.52. The van der Waals surface area contributed by atoms with E-state index in [4.69, 9.17) is 0 Å². The van der Waals surface area contributed by atoms with Gasteiger partial charge >= 0.3 is 0 Å². The summed E-state index contributed by atoms with van der Waals surface area (Å²) in [7, 11) is 0. The van der Waals surface area contributed by atoms with E-state index in [9.17, 15) is 4.79 Å². The van der Waals surface area contributed by atoms with Crippen LogP contribution in [0.1, 0.15) is 60.8 Å². The van der Waals surface area contributed by atoms with Gasteiger partial charge in [0, 0.05) is 6.42 Å². The summed E-state index contributed by atoms with van der Waals surface area (Å²) in [5.74, 6) is 1.95. The molecule has 0 radical (unpaired) electrons. The fourth-order valence-electron chi connectivity index (χ4n) is 5.14. The molecule has 0 N–H and O–H groups in total. The van der Waals surface area contributed by atoms with Gasteiger partial charge in [0.25, 0.3) is 0 Å². The van der Waals surface area contributed by atoms with Gasteiger partial charge in [-0.05, 0) is 52.9 Å². The molecule has 0 aliphatic heterocycles. The third-order valence-corrected chi connectivity index (χ3v) is 7.34. The van der Waals surface area contributed by atoms with Gasteiger partial charge in [0.05, 0.1) is 0 Å².